The largest absolute Gasteiger partial charge is 0.343 e. The monoisotopic (exact) mass is 329 g/mol. The van der Waals surface area contributed by atoms with Crippen LogP contribution < -0.4 is 16.0 Å². The summed E-state index contributed by atoms with van der Waals surface area (Å²) in [6.45, 7) is 1.15. The van der Waals surface area contributed by atoms with E-state index < -0.39 is 17.6 Å². The molecular weight excluding hydrogens is 313 g/mol. The molecule has 0 atom stereocenters. The second kappa shape index (κ2) is 7.87. The standard InChI is InChI=1S/C17H16FN3O3/c1-11(22)20-14-5-7-15(8-6-14)21-16(23)10-19-17(24)12-3-2-4-13(18)9-12/h2-9H,10H2,1H3,(H,19,24)(H,20,22)(H,21,23). The molecule has 6 nitrogen and oxygen atoms in total. The minimum Gasteiger partial charge on any atom is -0.343 e. The van der Waals surface area contributed by atoms with Crippen molar-refractivity contribution in [2.75, 3.05) is 17.2 Å². The quantitative estimate of drug-likeness (QED) is 0.785. The molecule has 0 fully saturated rings. The number of hydrogen-bond acceptors (Lipinski definition) is 3. The lowest BCUT2D eigenvalue weighted by Gasteiger charge is -2.08. The average Bonchev–Trinajstić information content (AvgIpc) is 2.54. The van der Waals surface area contributed by atoms with Gasteiger partial charge in [0.25, 0.3) is 5.91 Å². The molecule has 0 saturated heterocycles. The summed E-state index contributed by atoms with van der Waals surface area (Å²) in [5, 5.41) is 7.62. The normalized spacial score (nSPS) is 9.92. The van der Waals surface area contributed by atoms with Gasteiger partial charge in [-0.15, -0.1) is 0 Å². The summed E-state index contributed by atoms with van der Waals surface area (Å²) < 4.78 is 13.0. The van der Waals surface area contributed by atoms with Gasteiger partial charge in [0.1, 0.15) is 5.82 Å². The van der Waals surface area contributed by atoms with E-state index in [0.29, 0.717) is 11.4 Å². The van der Waals surface area contributed by atoms with Gasteiger partial charge in [-0.2, -0.15) is 0 Å². The molecule has 3 amide bonds. The zero-order valence-electron chi connectivity index (χ0n) is 12.9. The molecule has 0 bridgehead atoms. The van der Waals surface area contributed by atoms with Crippen molar-refractivity contribution in [3.63, 3.8) is 0 Å². The van der Waals surface area contributed by atoms with Crippen molar-refractivity contribution >= 4 is 29.1 Å². The van der Waals surface area contributed by atoms with Crippen LogP contribution >= 0.6 is 0 Å². The predicted octanol–water partition coefficient (Wildman–Crippen LogP) is 2.15. The third kappa shape index (κ3) is 5.20. The highest BCUT2D eigenvalue weighted by atomic mass is 19.1. The number of hydrogen-bond donors (Lipinski definition) is 3. The first-order valence-electron chi connectivity index (χ1n) is 7.15. The Morgan fingerprint density at radius 3 is 2.17 bits per heavy atom. The summed E-state index contributed by atoms with van der Waals surface area (Å²) >= 11 is 0. The van der Waals surface area contributed by atoms with Gasteiger partial charge in [-0.1, -0.05) is 6.07 Å². The van der Waals surface area contributed by atoms with Crippen LogP contribution in [0.3, 0.4) is 0 Å². The Kier molecular flexibility index (Phi) is 5.62. The lowest BCUT2D eigenvalue weighted by Crippen LogP contribution is -2.32. The SMILES string of the molecule is CC(=O)Nc1ccc(NC(=O)CNC(=O)c2cccc(F)c2)cc1. The number of benzene rings is 2. The van der Waals surface area contributed by atoms with Crippen molar-refractivity contribution in [2.24, 2.45) is 0 Å². The first-order valence-corrected chi connectivity index (χ1v) is 7.15. The summed E-state index contributed by atoms with van der Waals surface area (Å²) in [7, 11) is 0. The van der Waals surface area contributed by atoms with Gasteiger partial charge in [-0.25, -0.2) is 4.39 Å². The molecule has 3 N–H and O–H groups in total. The summed E-state index contributed by atoms with van der Waals surface area (Å²) in [4.78, 5) is 34.5. The molecule has 0 aromatic heterocycles. The highest BCUT2D eigenvalue weighted by molar-refractivity contribution is 5.99. The highest BCUT2D eigenvalue weighted by Gasteiger charge is 2.09. The molecular formula is C17H16FN3O3. The van der Waals surface area contributed by atoms with Gasteiger partial charge in [-0.05, 0) is 42.5 Å². The van der Waals surface area contributed by atoms with E-state index >= 15 is 0 Å². The van der Waals surface area contributed by atoms with Crippen molar-refractivity contribution in [2.45, 2.75) is 6.92 Å². The minimum atomic E-state index is -0.536. The van der Waals surface area contributed by atoms with Crippen LogP contribution in [0.25, 0.3) is 0 Å². The molecule has 0 aliphatic carbocycles. The summed E-state index contributed by atoms with van der Waals surface area (Å²) in [6, 6.07) is 11.7. The molecule has 124 valence electrons. The molecule has 0 radical (unpaired) electrons. The molecule has 0 unspecified atom stereocenters. The Hall–Kier alpha value is -3.22. The van der Waals surface area contributed by atoms with Gasteiger partial charge in [0.2, 0.25) is 11.8 Å². The van der Waals surface area contributed by atoms with Gasteiger partial charge in [0.15, 0.2) is 0 Å². The first kappa shape index (κ1) is 17.1. The summed E-state index contributed by atoms with van der Waals surface area (Å²) in [6.07, 6.45) is 0. The zero-order valence-corrected chi connectivity index (χ0v) is 12.9. The Bertz CT molecular complexity index is 760. The van der Waals surface area contributed by atoms with Crippen LogP contribution in [0.2, 0.25) is 0 Å². The number of rotatable bonds is 5. The molecule has 0 heterocycles. The lowest BCUT2D eigenvalue weighted by molar-refractivity contribution is -0.115. The van der Waals surface area contributed by atoms with Crippen molar-refractivity contribution in [3.8, 4) is 0 Å². The fraction of sp³-hybridized carbons (Fsp3) is 0.118. The van der Waals surface area contributed by atoms with Crippen molar-refractivity contribution < 1.29 is 18.8 Å². The molecule has 0 aliphatic heterocycles. The highest BCUT2D eigenvalue weighted by Crippen LogP contribution is 2.13. The molecule has 2 aromatic carbocycles. The van der Waals surface area contributed by atoms with Crippen LogP contribution in [-0.2, 0) is 9.59 Å². The number of halogens is 1. The van der Waals surface area contributed by atoms with Crippen molar-refractivity contribution in [1.82, 2.24) is 5.32 Å². The third-order valence-electron chi connectivity index (χ3n) is 2.99. The minimum absolute atomic E-state index is 0.141. The Balaban J connectivity index is 1.84. The van der Waals surface area contributed by atoms with Crippen LogP contribution in [-0.4, -0.2) is 24.3 Å². The molecule has 0 spiro atoms. The van der Waals surface area contributed by atoms with Crippen LogP contribution in [0.1, 0.15) is 17.3 Å². The van der Waals surface area contributed by atoms with Crippen LogP contribution in [0.4, 0.5) is 15.8 Å². The Labute approximate surface area is 138 Å². The lowest BCUT2D eigenvalue weighted by atomic mass is 10.2. The number of nitrogens with one attached hydrogen (secondary N) is 3. The number of carbonyl (C=O) groups excluding carboxylic acids is 3. The molecule has 2 rings (SSSR count). The summed E-state index contributed by atoms with van der Waals surface area (Å²) in [5.41, 5.74) is 1.27. The Morgan fingerprint density at radius 2 is 1.58 bits per heavy atom. The van der Waals surface area contributed by atoms with E-state index in [1.165, 1.54) is 25.1 Å². The van der Waals surface area contributed by atoms with E-state index in [9.17, 15) is 18.8 Å². The maximum absolute atomic E-state index is 13.0. The Morgan fingerprint density at radius 1 is 0.958 bits per heavy atom. The molecule has 0 saturated carbocycles. The fourth-order valence-electron chi connectivity index (χ4n) is 1.94. The van der Waals surface area contributed by atoms with Gasteiger partial charge < -0.3 is 16.0 Å². The zero-order chi connectivity index (χ0) is 17.5. The van der Waals surface area contributed by atoms with Gasteiger partial charge >= 0.3 is 0 Å². The number of carbonyl (C=O) groups is 3. The van der Waals surface area contributed by atoms with E-state index in [1.807, 2.05) is 0 Å². The smallest absolute Gasteiger partial charge is 0.251 e. The number of amides is 3. The predicted molar refractivity (Wildman–Crippen MR) is 88.1 cm³/mol. The third-order valence-corrected chi connectivity index (χ3v) is 2.99. The molecule has 24 heavy (non-hydrogen) atoms. The van der Waals surface area contributed by atoms with Crippen LogP contribution in [0, 0.1) is 5.82 Å². The van der Waals surface area contributed by atoms with Gasteiger partial charge in [-0.3, -0.25) is 14.4 Å². The first-order chi connectivity index (χ1) is 11.4. The summed E-state index contributed by atoms with van der Waals surface area (Å²) in [5.74, 6) is -1.67. The topological polar surface area (TPSA) is 87.3 Å². The van der Waals surface area contributed by atoms with E-state index in [-0.39, 0.29) is 18.0 Å². The van der Waals surface area contributed by atoms with E-state index in [2.05, 4.69) is 16.0 Å². The molecule has 0 aliphatic rings. The van der Waals surface area contributed by atoms with E-state index in [0.717, 1.165) is 6.07 Å². The maximum atomic E-state index is 13.0. The van der Waals surface area contributed by atoms with E-state index in [4.69, 9.17) is 0 Å². The molecule has 7 heteroatoms. The number of anilines is 2. The van der Waals surface area contributed by atoms with Crippen molar-refractivity contribution in [1.29, 1.82) is 0 Å². The van der Waals surface area contributed by atoms with Gasteiger partial charge in [0, 0.05) is 23.9 Å². The van der Waals surface area contributed by atoms with Crippen LogP contribution in [0.15, 0.2) is 48.5 Å². The van der Waals surface area contributed by atoms with Crippen LogP contribution in [0.5, 0.6) is 0 Å². The molecule has 2 aromatic rings. The average molecular weight is 329 g/mol. The van der Waals surface area contributed by atoms with E-state index in [1.54, 1.807) is 24.3 Å². The second-order valence-corrected chi connectivity index (χ2v) is 5.00. The fourth-order valence-corrected chi connectivity index (χ4v) is 1.94. The maximum Gasteiger partial charge on any atom is 0.251 e. The van der Waals surface area contributed by atoms with Gasteiger partial charge in [0.05, 0.1) is 6.54 Å². The van der Waals surface area contributed by atoms with Crippen molar-refractivity contribution in [3.05, 3.63) is 59.9 Å². The second-order valence-electron chi connectivity index (χ2n) is 5.00.